The van der Waals surface area contributed by atoms with Crippen LogP contribution in [0.1, 0.15) is 16.1 Å². The molecule has 0 spiro atoms. The van der Waals surface area contributed by atoms with E-state index in [0.717, 1.165) is 21.9 Å². The Labute approximate surface area is 143 Å². The molecule has 0 radical (unpaired) electrons. The highest BCUT2D eigenvalue weighted by Crippen LogP contribution is 2.22. The summed E-state index contributed by atoms with van der Waals surface area (Å²) in [5, 5.41) is 8.85. The molecule has 6 nitrogen and oxygen atoms in total. The Hall–Kier alpha value is -3.06. The number of aromatic amines is 1. The lowest BCUT2D eigenvalue weighted by Gasteiger charge is -2.10. The third kappa shape index (κ3) is 3.47. The third-order valence-corrected chi connectivity index (χ3v) is 4.27. The van der Waals surface area contributed by atoms with E-state index in [-0.39, 0.29) is 5.91 Å². The second-order valence-corrected chi connectivity index (χ2v) is 5.88. The lowest BCUT2D eigenvalue weighted by molar-refractivity contribution is 0.0937. The van der Waals surface area contributed by atoms with Crippen LogP contribution < -0.4 is 15.6 Å². The van der Waals surface area contributed by atoms with E-state index in [9.17, 15) is 4.79 Å². The molecule has 0 unspecified atom stereocenters. The highest BCUT2D eigenvalue weighted by atomic mass is 32.1. The Kier molecular flexibility index (Phi) is 4.62. The summed E-state index contributed by atoms with van der Waals surface area (Å²) in [6.07, 6.45) is 0. The second kappa shape index (κ2) is 7.01. The number of thiophene rings is 1. The van der Waals surface area contributed by atoms with Crippen molar-refractivity contribution in [3.8, 4) is 16.3 Å². The van der Waals surface area contributed by atoms with Crippen molar-refractivity contribution in [3.63, 3.8) is 0 Å². The minimum Gasteiger partial charge on any atom is -0.497 e. The lowest BCUT2D eigenvalue weighted by atomic mass is 10.2. The highest BCUT2D eigenvalue weighted by molar-refractivity contribution is 7.13. The van der Waals surface area contributed by atoms with Crippen molar-refractivity contribution in [2.45, 2.75) is 0 Å². The molecule has 0 fully saturated rings. The predicted octanol–water partition coefficient (Wildman–Crippen LogP) is 3.05. The fraction of sp³-hybridized carbons (Fsp3) is 0.0588. The van der Waals surface area contributed by atoms with Crippen molar-refractivity contribution in [2.24, 2.45) is 0 Å². The van der Waals surface area contributed by atoms with Gasteiger partial charge in [-0.15, -0.1) is 11.3 Å². The zero-order chi connectivity index (χ0) is 16.9. The molecular weight excluding hydrogens is 324 g/mol. The Morgan fingerprint density at radius 3 is 2.71 bits per heavy atom. The van der Waals surface area contributed by atoms with E-state index in [1.807, 2.05) is 41.8 Å². The average molecular weight is 340 g/mol. The number of benzene rings is 1. The van der Waals surface area contributed by atoms with Gasteiger partial charge in [-0.3, -0.25) is 20.7 Å². The number of hydrogen-bond acceptors (Lipinski definition) is 5. The standard InChI is InChI=1S/C17H16N4O2S/c1-11(12-5-7-13(23-2)8-6-12)18-21-17(22)15-10-14(19-20-15)16-4-3-9-24-16/h3-10,18H,1H2,2H3,(H,19,20)(H,21,22). The van der Waals surface area contributed by atoms with Crippen LogP contribution in [0.3, 0.4) is 0 Å². The van der Waals surface area contributed by atoms with Crippen LogP contribution in [0.5, 0.6) is 5.75 Å². The number of amides is 1. The minimum atomic E-state index is -0.344. The third-order valence-electron chi connectivity index (χ3n) is 3.36. The topological polar surface area (TPSA) is 79.0 Å². The molecule has 3 N–H and O–H groups in total. The lowest BCUT2D eigenvalue weighted by Crippen LogP contribution is -2.36. The van der Waals surface area contributed by atoms with Crippen molar-refractivity contribution < 1.29 is 9.53 Å². The smallest absolute Gasteiger partial charge is 0.290 e. The summed E-state index contributed by atoms with van der Waals surface area (Å²) in [5.74, 6) is 0.414. The van der Waals surface area contributed by atoms with Crippen LogP contribution in [-0.2, 0) is 0 Å². The molecular formula is C17H16N4O2S. The SMILES string of the molecule is C=C(NNC(=O)c1cc(-c2cccs2)[nH]n1)c1ccc(OC)cc1. The molecule has 0 atom stereocenters. The van der Waals surface area contributed by atoms with Gasteiger partial charge in [0.1, 0.15) is 5.75 Å². The molecule has 1 aromatic carbocycles. The second-order valence-electron chi connectivity index (χ2n) is 4.93. The van der Waals surface area contributed by atoms with Crippen LogP contribution in [-0.4, -0.2) is 23.2 Å². The van der Waals surface area contributed by atoms with E-state index < -0.39 is 0 Å². The van der Waals surface area contributed by atoms with Gasteiger partial charge in [-0.2, -0.15) is 5.10 Å². The first-order valence-corrected chi connectivity index (χ1v) is 8.04. The molecule has 0 aliphatic rings. The molecule has 0 saturated heterocycles. The van der Waals surface area contributed by atoms with E-state index in [2.05, 4.69) is 27.6 Å². The summed E-state index contributed by atoms with van der Waals surface area (Å²) >= 11 is 1.58. The molecule has 0 saturated carbocycles. The summed E-state index contributed by atoms with van der Waals surface area (Å²) in [6.45, 7) is 3.90. The minimum absolute atomic E-state index is 0.299. The first-order valence-electron chi connectivity index (χ1n) is 7.16. The van der Waals surface area contributed by atoms with Gasteiger partial charge in [-0.25, -0.2) is 0 Å². The monoisotopic (exact) mass is 340 g/mol. The van der Waals surface area contributed by atoms with E-state index in [4.69, 9.17) is 4.74 Å². The predicted molar refractivity (Wildman–Crippen MR) is 94.5 cm³/mol. The highest BCUT2D eigenvalue weighted by Gasteiger charge is 2.12. The number of methoxy groups -OCH3 is 1. The number of H-pyrrole nitrogens is 1. The van der Waals surface area contributed by atoms with Gasteiger partial charge in [0, 0.05) is 0 Å². The molecule has 3 rings (SSSR count). The Balaban J connectivity index is 1.59. The number of hydrogen-bond donors (Lipinski definition) is 3. The number of nitrogens with one attached hydrogen (secondary N) is 3. The summed E-state index contributed by atoms with van der Waals surface area (Å²) in [5.41, 5.74) is 7.90. The molecule has 2 heterocycles. The number of nitrogens with zero attached hydrogens (tertiary/aromatic N) is 1. The number of carbonyl (C=O) groups is 1. The largest absolute Gasteiger partial charge is 0.497 e. The maximum atomic E-state index is 12.1. The number of aromatic nitrogens is 2. The van der Waals surface area contributed by atoms with Gasteiger partial charge < -0.3 is 4.74 Å². The van der Waals surface area contributed by atoms with E-state index in [0.29, 0.717) is 11.4 Å². The van der Waals surface area contributed by atoms with Gasteiger partial charge in [0.05, 0.1) is 23.4 Å². The van der Waals surface area contributed by atoms with Crippen molar-refractivity contribution in [3.05, 3.63) is 65.7 Å². The number of carbonyl (C=O) groups excluding carboxylic acids is 1. The Morgan fingerprint density at radius 1 is 1.25 bits per heavy atom. The summed E-state index contributed by atoms with van der Waals surface area (Å²) in [6, 6.07) is 13.0. The maximum Gasteiger partial charge on any atom is 0.290 e. The van der Waals surface area contributed by atoms with Gasteiger partial charge in [-0.05, 0) is 47.3 Å². The van der Waals surface area contributed by atoms with Crippen LogP contribution in [0.25, 0.3) is 16.3 Å². The summed E-state index contributed by atoms with van der Waals surface area (Å²) in [4.78, 5) is 13.2. The normalized spacial score (nSPS) is 10.2. The molecule has 1 amide bonds. The zero-order valence-electron chi connectivity index (χ0n) is 13.0. The van der Waals surface area contributed by atoms with Crippen LogP contribution >= 0.6 is 11.3 Å². The van der Waals surface area contributed by atoms with Gasteiger partial charge in [0.25, 0.3) is 5.91 Å². The van der Waals surface area contributed by atoms with Gasteiger partial charge in [0.2, 0.25) is 0 Å². The summed E-state index contributed by atoms with van der Waals surface area (Å²) < 4.78 is 5.11. The van der Waals surface area contributed by atoms with Crippen LogP contribution in [0.4, 0.5) is 0 Å². The van der Waals surface area contributed by atoms with Crippen LogP contribution in [0.2, 0.25) is 0 Å². The molecule has 0 bridgehead atoms. The van der Waals surface area contributed by atoms with Crippen LogP contribution in [0.15, 0.2) is 54.4 Å². The zero-order valence-corrected chi connectivity index (χ0v) is 13.8. The quantitative estimate of drug-likeness (QED) is 0.603. The van der Waals surface area contributed by atoms with E-state index in [1.54, 1.807) is 24.5 Å². The molecule has 7 heteroatoms. The number of rotatable bonds is 6. The van der Waals surface area contributed by atoms with Gasteiger partial charge in [-0.1, -0.05) is 12.6 Å². The van der Waals surface area contributed by atoms with Crippen molar-refractivity contribution in [1.82, 2.24) is 21.0 Å². The summed E-state index contributed by atoms with van der Waals surface area (Å²) in [7, 11) is 1.61. The molecule has 2 aromatic heterocycles. The number of ether oxygens (including phenoxy) is 1. The van der Waals surface area contributed by atoms with Gasteiger partial charge >= 0.3 is 0 Å². The molecule has 122 valence electrons. The van der Waals surface area contributed by atoms with Gasteiger partial charge in [0.15, 0.2) is 5.69 Å². The number of hydrazine groups is 1. The first kappa shape index (κ1) is 15.8. The Bertz CT molecular complexity index is 838. The maximum absolute atomic E-state index is 12.1. The van der Waals surface area contributed by atoms with Crippen molar-refractivity contribution >= 4 is 22.9 Å². The molecule has 24 heavy (non-hydrogen) atoms. The van der Waals surface area contributed by atoms with E-state index >= 15 is 0 Å². The first-order chi connectivity index (χ1) is 11.7. The Morgan fingerprint density at radius 2 is 2.04 bits per heavy atom. The fourth-order valence-corrected chi connectivity index (χ4v) is 2.75. The molecule has 0 aliphatic carbocycles. The van der Waals surface area contributed by atoms with Crippen molar-refractivity contribution in [1.29, 1.82) is 0 Å². The molecule has 0 aliphatic heterocycles. The average Bonchev–Trinajstić information content (AvgIpc) is 3.30. The molecule has 3 aromatic rings. The van der Waals surface area contributed by atoms with E-state index in [1.165, 1.54) is 0 Å². The van der Waals surface area contributed by atoms with Crippen LogP contribution in [0, 0.1) is 0 Å². The van der Waals surface area contributed by atoms with Crippen molar-refractivity contribution in [2.75, 3.05) is 7.11 Å². The fourth-order valence-electron chi connectivity index (χ4n) is 2.06.